The minimum absolute atomic E-state index is 0.0462. The van der Waals surface area contributed by atoms with Crippen molar-refractivity contribution >= 4 is 29.5 Å². The Hall–Kier alpha value is -10.6. The zero-order valence-electron chi connectivity index (χ0n) is 51.6. The van der Waals surface area contributed by atoms with Crippen LogP contribution in [0.1, 0.15) is 100 Å². The van der Waals surface area contributed by atoms with Gasteiger partial charge < -0.3 is 64.2 Å². The molecule has 3 saturated heterocycles. The summed E-state index contributed by atoms with van der Waals surface area (Å²) in [6.45, 7) is 3.29. The van der Waals surface area contributed by atoms with E-state index in [1.807, 2.05) is 53.4 Å². The first-order valence-electron chi connectivity index (χ1n) is 30.7. The molecule has 3 aliphatic carbocycles. The number of aliphatic hydroxyl groups excluding tert-OH is 2. The molecule has 2 aromatic heterocycles. The maximum absolute atomic E-state index is 12.3. The number of oxime groups is 1. The van der Waals surface area contributed by atoms with Gasteiger partial charge >= 0.3 is 25.1 Å². The van der Waals surface area contributed by atoms with Crippen LogP contribution in [-0.2, 0) is 33.6 Å². The lowest BCUT2D eigenvalue weighted by atomic mass is 10.0. The van der Waals surface area contributed by atoms with Gasteiger partial charge in [0.2, 0.25) is 29.4 Å². The number of carbonyl (C=O) groups is 4. The van der Waals surface area contributed by atoms with Crippen LogP contribution in [-0.4, -0.2) is 137 Å². The predicted molar refractivity (Wildman–Crippen MR) is 326 cm³/mol. The van der Waals surface area contributed by atoms with Crippen molar-refractivity contribution in [2.24, 2.45) is 28.6 Å². The molecule has 14 rings (SSSR count). The number of carboxylic acid groups (broad SMARTS) is 1. The number of likely N-dealkylation sites (tertiary alicyclic amines) is 3. The smallest absolute Gasteiger partial charge is 0.478 e. The maximum atomic E-state index is 12.3. The molecule has 514 valence electrons. The van der Waals surface area contributed by atoms with Gasteiger partial charge in [-0.2, -0.15) is 9.97 Å². The number of alkyl halides is 9. The number of aromatic nitrogens is 4. The SMILES string of the molecule is CCCN1C(=O)CC2Cc3c(/C(N)=N/O)cccc3C21.O=C(O)c1ccc(OC(F)(F)F)cc1.O=C1CC2Cc3c(-c4noc(-c5ccc(OC(F)(F)F)cc5)n4)cccc3C2N1CCO.O=C1CC2Cc3c(-c4noc(-c5ccc(OC(F)(F)F)cc5)n4)cccc3C2N1CCO. The van der Waals surface area contributed by atoms with Gasteiger partial charge in [-0.25, -0.2) is 4.79 Å². The lowest BCUT2D eigenvalue weighted by molar-refractivity contribution is -0.275. The summed E-state index contributed by atoms with van der Waals surface area (Å²) in [6.07, 6.45) is -9.63. The number of nitrogens with zero attached hydrogens (tertiary/aromatic N) is 8. The topological polar surface area (TPSA) is 303 Å². The van der Waals surface area contributed by atoms with Crippen LogP contribution in [0.15, 0.2) is 142 Å². The van der Waals surface area contributed by atoms with Gasteiger partial charge in [-0.3, -0.25) is 14.4 Å². The van der Waals surface area contributed by atoms with E-state index in [2.05, 4.69) is 52.6 Å². The van der Waals surface area contributed by atoms with Crippen molar-refractivity contribution in [3.63, 3.8) is 0 Å². The molecule has 98 heavy (non-hydrogen) atoms. The number of carbonyl (C=O) groups excluding carboxylic acids is 3. The zero-order valence-corrected chi connectivity index (χ0v) is 51.6. The van der Waals surface area contributed by atoms with Crippen molar-refractivity contribution in [3.05, 3.63) is 172 Å². The molecule has 8 aromatic rings. The van der Waals surface area contributed by atoms with E-state index >= 15 is 0 Å². The Bertz CT molecular complexity index is 4080. The van der Waals surface area contributed by atoms with Crippen LogP contribution < -0.4 is 19.9 Å². The zero-order chi connectivity index (χ0) is 70.0. The van der Waals surface area contributed by atoms with Gasteiger partial charge in [-0.05, 0) is 150 Å². The number of β-amino-alcohol motifs (C(OH)–C–C–N with tert-alkyl or cyclic N) is 2. The van der Waals surface area contributed by atoms with Crippen LogP contribution in [0.2, 0.25) is 0 Å². The fraction of sp³-hybridized carbons (Fsp3) is 0.328. The molecule has 3 fully saturated rings. The van der Waals surface area contributed by atoms with E-state index in [0.717, 1.165) is 88.2 Å². The third kappa shape index (κ3) is 15.0. The van der Waals surface area contributed by atoms with E-state index in [9.17, 15) is 68.9 Å². The summed E-state index contributed by atoms with van der Waals surface area (Å²) in [6, 6.07) is 31.7. The average Bonchev–Trinajstić information content (AvgIpc) is 1.62. The van der Waals surface area contributed by atoms with Gasteiger partial charge in [-0.15, -0.1) is 39.5 Å². The third-order valence-electron chi connectivity index (χ3n) is 17.5. The number of hydrogen-bond donors (Lipinski definition) is 5. The lowest BCUT2D eigenvalue weighted by Gasteiger charge is -2.24. The highest BCUT2D eigenvalue weighted by Crippen LogP contribution is 2.52. The largest absolute Gasteiger partial charge is 0.573 e. The molecule has 3 aliphatic heterocycles. The van der Waals surface area contributed by atoms with Crippen molar-refractivity contribution in [1.29, 1.82) is 0 Å². The van der Waals surface area contributed by atoms with Crippen molar-refractivity contribution < 1.29 is 102 Å². The van der Waals surface area contributed by atoms with Crippen LogP contribution in [0.5, 0.6) is 17.2 Å². The van der Waals surface area contributed by atoms with E-state index in [1.165, 1.54) is 54.1 Å². The van der Waals surface area contributed by atoms with Crippen LogP contribution in [0.25, 0.3) is 45.7 Å². The quantitative estimate of drug-likeness (QED) is 0.0209. The molecule has 6 unspecified atom stereocenters. The number of carboxylic acids is 1. The second kappa shape index (κ2) is 28.3. The number of amides is 3. The Morgan fingerprint density at radius 3 is 1.24 bits per heavy atom. The van der Waals surface area contributed by atoms with Gasteiger partial charge in [0.1, 0.15) is 17.2 Å². The number of aromatic carboxylic acids is 1. The molecule has 0 spiro atoms. The number of fused-ring (bicyclic) bond motifs is 9. The number of aliphatic hydroxyl groups is 2. The molecule has 0 radical (unpaired) electrons. The van der Waals surface area contributed by atoms with E-state index < -0.39 is 30.8 Å². The standard InChI is InChI=1S/2C22H18F3N3O4.C15H19N3O2.C8H5F3O3/c2*23-22(24,25)31-14-6-4-12(5-7-14)21-26-20(27-32-21)16-3-1-2-15-17(16)10-13-11-18(30)28(8-9-29)19(13)15;1-2-6-18-13(19)8-9-7-12-10(14(9)18)4-3-5-11(12)15(16)17-20;9-8(10,11)14-6-3-1-5(2-4-6)7(12)13/h2*1-7,13,19,29H,8-11H2;3-5,9,14,20H,2,6-8H2,1H3,(H2,16,17);1-4H,(H,12,13). The minimum atomic E-state index is -4.76. The van der Waals surface area contributed by atoms with Gasteiger partial charge in [0.15, 0.2) is 5.84 Å². The fourth-order valence-electron chi connectivity index (χ4n) is 13.8. The molecule has 3 amide bonds. The molecule has 22 nitrogen and oxygen atoms in total. The summed E-state index contributed by atoms with van der Waals surface area (Å²) in [4.78, 5) is 61.4. The Labute approximate surface area is 550 Å². The molecule has 0 bridgehead atoms. The number of benzene rings is 6. The summed E-state index contributed by atoms with van der Waals surface area (Å²) in [5.41, 5.74) is 15.4. The van der Waals surface area contributed by atoms with Gasteiger partial charge in [0.05, 0.1) is 36.9 Å². The minimum Gasteiger partial charge on any atom is -0.478 e. The summed E-state index contributed by atoms with van der Waals surface area (Å²) in [5.74, 6) is -0.145. The van der Waals surface area contributed by atoms with Crippen molar-refractivity contribution in [2.75, 3.05) is 32.8 Å². The van der Waals surface area contributed by atoms with Crippen LogP contribution in [0, 0.1) is 17.8 Å². The Morgan fingerprint density at radius 2 is 0.888 bits per heavy atom. The first kappa shape index (κ1) is 68.8. The summed E-state index contributed by atoms with van der Waals surface area (Å²) < 4.78 is 131. The number of nitrogens with two attached hydrogens (primary N) is 1. The monoisotopic (exact) mass is 1370 g/mol. The highest BCUT2D eigenvalue weighted by atomic mass is 19.4. The molecular weight excluding hydrogens is 1310 g/mol. The third-order valence-corrected chi connectivity index (χ3v) is 17.5. The Morgan fingerprint density at radius 1 is 0.531 bits per heavy atom. The molecule has 5 heterocycles. The van der Waals surface area contributed by atoms with Gasteiger partial charge in [0.25, 0.3) is 11.8 Å². The first-order valence-corrected chi connectivity index (χ1v) is 30.7. The van der Waals surface area contributed by atoms with Crippen molar-refractivity contribution in [3.8, 4) is 62.9 Å². The number of halogens is 9. The average molecular weight is 1370 g/mol. The summed E-state index contributed by atoms with van der Waals surface area (Å²) in [7, 11) is 0. The number of hydrogen-bond acceptors (Lipinski definition) is 17. The summed E-state index contributed by atoms with van der Waals surface area (Å²) in [5, 5.41) is 47.3. The Kier molecular flexibility index (Phi) is 19.8. The number of rotatable bonds is 15. The molecule has 6 atom stereocenters. The molecule has 31 heteroatoms. The summed E-state index contributed by atoms with van der Waals surface area (Å²) >= 11 is 0. The van der Waals surface area contributed by atoms with E-state index in [4.69, 9.17) is 25.1 Å². The Balaban J connectivity index is 0.000000139. The van der Waals surface area contributed by atoms with E-state index in [-0.39, 0.29) is 95.6 Å². The first-order chi connectivity index (χ1) is 46.7. The van der Waals surface area contributed by atoms with Crippen LogP contribution in [0.4, 0.5) is 39.5 Å². The van der Waals surface area contributed by atoms with E-state index in [1.54, 1.807) is 9.80 Å². The van der Waals surface area contributed by atoms with Crippen molar-refractivity contribution in [2.45, 2.75) is 89.1 Å². The second-order valence-corrected chi connectivity index (χ2v) is 23.5. The van der Waals surface area contributed by atoms with E-state index in [0.29, 0.717) is 73.9 Å². The molecule has 6 aliphatic rings. The predicted octanol–water partition coefficient (Wildman–Crippen LogP) is 11.4. The van der Waals surface area contributed by atoms with Crippen LogP contribution >= 0.6 is 0 Å². The fourth-order valence-corrected chi connectivity index (χ4v) is 13.8. The molecule has 6 N–H and O–H groups in total. The van der Waals surface area contributed by atoms with Gasteiger partial charge in [0, 0.05) is 66.7 Å². The normalized spacial score (nSPS) is 19.7. The highest BCUT2D eigenvalue weighted by Gasteiger charge is 2.49. The highest BCUT2D eigenvalue weighted by molar-refractivity contribution is 5.99. The molecule has 6 aromatic carbocycles. The second-order valence-electron chi connectivity index (χ2n) is 23.5. The van der Waals surface area contributed by atoms with Crippen LogP contribution in [0.3, 0.4) is 0 Å². The molecular formula is C67H60F9N9O13. The van der Waals surface area contributed by atoms with Gasteiger partial charge in [-0.1, -0.05) is 77.0 Å². The maximum Gasteiger partial charge on any atom is 0.573 e. The number of amidine groups is 1. The van der Waals surface area contributed by atoms with Crippen molar-refractivity contribution in [1.82, 2.24) is 35.0 Å². The lowest BCUT2D eigenvalue weighted by Crippen LogP contribution is -2.30. The number of ether oxygens (including phenoxy) is 3. The molecule has 0 saturated carbocycles.